The first-order valence-electron chi connectivity index (χ1n) is 5.52. The van der Waals surface area contributed by atoms with E-state index in [-0.39, 0.29) is 24.0 Å². The zero-order valence-electron chi connectivity index (χ0n) is 9.84. The van der Waals surface area contributed by atoms with E-state index in [4.69, 9.17) is 28.3 Å². The van der Waals surface area contributed by atoms with E-state index in [1.54, 1.807) is 18.2 Å². The van der Waals surface area contributed by atoms with Crippen molar-refractivity contribution in [2.75, 3.05) is 17.2 Å². The Morgan fingerprint density at radius 2 is 2.00 bits per heavy atom. The second-order valence-corrected chi connectivity index (χ2v) is 6.98. The summed E-state index contributed by atoms with van der Waals surface area (Å²) in [6, 6.07) is 4.85. The van der Waals surface area contributed by atoms with Crippen LogP contribution in [0, 0.1) is 5.92 Å². The van der Waals surface area contributed by atoms with Gasteiger partial charge in [-0.3, -0.25) is 4.79 Å². The van der Waals surface area contributed by atoms with E-state index in [9.17, 15) is 13.2 Å². The highest BCUT2D eigenvalue weighted by molar-refractivity contribution is 7.89. The van der Waals surface area contributed by atoms with Crippen molar-refractivity contribution in [1.29, 1.82) is 0 Å². The van der Waals surface area contributed by atoms with Gasteiger partial charge in [-0.05, 0) is 18.2 Å². The molecule has 1 aromatic carbocycles. The minimum atomic E-state index is -3.58. The van der Waals surface area contributed by atoms with E-state index < -0.39 is 10.0 Å². The van der Waals surface area contributed by atoms with Crippen LogP contribution in [0.4, 0.5) is 5.69 Å². The Hall–Kier alpha value is -0.820. The SMILES string of the molecule is NS(=O)(=O)CC1CC(=O)N(c2ccc(Cl)c(Cl)c2)C1. The van der Waals surface area contributed by atoms with Crippen molar-refractivity contribution in [1.82, 2.24) is 0 Å². The number of hydrogen-bond acceptors (Lipinski definition) is 3. The third kappa shape index (κ3) is 3.60. The Morgan fingerprint density at radius 3 is 2.58 bits per heavy atom. The molecule has 1 saturated heterocycles. The van der Waals surface area contributed by atoms with Gasteiger partial charge in [0.1, 0.15) is 0 Å². The number of hydrogen-bond donors (Lipinski definition) is 1. The number of halogens is 2. The number of nitrogens with zero attached hydrogens (tertiary/aromatic N) is 1. The van der Waals surface area contributed by atoms with Crippen molar-refractivity contribution in [2.45, 2.75) is 6.42 Å². The summed E-state index contributed by atoms with van der Waals surface area (Å²) in [4.78, 5) is 13.4. The summed E-state index contributed by atoms with van der Waals surface area (Å²) in [6.45, 7) is 0.313. The fourth-order valence-electron chi connectivity index (χ4n) is 2.12. The first-order chi connectivity index (χ1) is 8.76. The Bertz CT molecular complexity index is 618. The lowest BCUT2D eigenvalue weighted by molar-refractivity contribution is -0.117. The molecule has 0 bridgehead atoms. The molecule has 1 unspecified atom stereocenters. The molecule has 0 radical (unpaired) electrons. The number of amides is 1. The van der Waals surface area contributed by atoms with E-state index in [0.717, 1.165) is 0 Å². The molecule has 1 aromatic rings. The highest BCUT2D eigenvalue weighted by Crippen LogP contribution is 2.31. The van der Waals surface area contributed by atoms with Crippen molar-refractivity contribution in [2.24, 2.45) is 11.1 Å². The number of rotatable bonds is 3. The van der Waals surface area contributed by atoms with Crippen LogP contribution in [0.25, 0.3) is 0 Å². The maximum absolute atomic E-state index is 11.9. The molecule has 1 fully saturated rings. The average molecular weight is 323 g/mol. The number of primary sulfonamides is 1. The molecule has 2 N–H and O–H groups in total. The fourth-order valence-corrected chi connectivity index (χ4v) is 3.30. The molecule has 1 heterocycles. The van der Waals surface area contributed by atoms with Crippen LogP contribution < -0.4 is 10.0 Å². The number of sulfonamides is 1. The molecule has 0 saturated carbocycles. The van der Waals surface area contributed by atoms with Crippen molar-refractivity contribution in [3.63, 3.8) is 0 Å². The minimum absolute atomic E-state index is 0.146. The van der Waals surface area contributed by atoms with Crippen molar-refractivity contribution in [3.8, 4) is 0 Å². The van der Waals surface area contributed by atoms with Gasteiger partial charge >= 0.3 is 0 Å². The summed E-state index contributed by atoms with van der Waals surface area (Å²) in [6.07, 6.45) is 0.163. The molecule has 8 heteroatoms. The van der Waals surface area contributed by atoms with E-state index in [2.05, 4.69) is 0 Å². The summed E-state index contributed by atoms with van der Waals surface area (Å²) in [5.74, 6) is -0.639. The second kappa shape index (κ2) is 5.28. The maximum atomic E-state index is 11.9. The molecule has 1 aliphatic heterocycles. The predicted octanol–water partition coefficient (Wildman–Crippen LogP) is 1.63. The van der Waals surface area contributed by atoms with Crippen LogP contribution in [0.2, 0.25) is 10.0 Å². The molecule has 104 valence electrons. The van der Waals surface area contributed by atoms with Gasteiger partial charge in [0, 0.05) is 24.6 Å². The third-order valence-electron chi connectivity index (χ3n) is 2.89. The standard InChI is InChI=1S/C11H12Cl2N2O3S/c12-9-2-1-8(4-10(9)13)15-5-7(3-11(15)16)6-19(14,17)18/h1-2,4,7H,3,5-6H2,(H2,14,17,18). The van der Waals surface area contributed by atoms with Gasteiger partial charge in [-0.1, -0.05) is 23.2 Å². The molecule has 5 nitrogen and oxygen atoms in total. The summed E-state index contributed by atoms with van der Waals surface area (Å²) >= 11 is 11.7. The predicted molar refractivity (Wildman–Crippen MR) is 74.9 cm³/mol. The summed E-state index contributed by atoms with van der Waals surface area (Å²) in [5, 5.41) is 5.74. The smallest absolute Gasteiger partial charge is 0.227 e. The van der Waals surface area contributed by atoms with Crippen molar-refractivity contribution >= 4 is 44.8 Å². The number of anilines is 1. The largest absolute Gasteiger partial charge is 0.312 e. The highest BCUT2D eigenvalue weighted by Gasteiger charge is 2.32. The van der Waals surface area contributed by atoms with Crippen LogP contribution in [0.5, 0.6) is 0 Å². The lowest BCUT2D eigenvalue weighted by atomic mass is 10.1. The Labute approximate surface area is 121 Å². The zero-order chi connectivity index (χ0) is 14.2. The molecular weight excluding hydrogens is 311 g/mol. The Balaban J connectivity index is 2.18. The van der Waals surface area contributed by atoms with Crippen LogP contribution in [0.1, 0.15) is 6.42 Å². The van der Waals surface area contributed by atoms with E-state index in [1.807, 2.05) is 0 Å². The Morgan fingerprint density at radius 1 is 1.32 bits per heavy atom. The minimum Gasteiger partial charge on any atom is -0.312 e. The van der Waals surface area contributed by atoms with Gasteiger partial charge in [-0.15, -0.1) is 0 Å². The second-order valence-electron chi connectivity index (χ2n) is 4.50. The highest BCUT2D eigenvalue weighted by atomic mass is 35.5. The number of carbonyl (C=O) groups excluding carboxylic acids is 1. The molecule has 19 heavy (non-hydrogen) atoms. The lowest BCUT2D eigenvalue weighted by Gasteiger charge is -2.17. The van der Waals surface area contributed by atoms with Gasteiger partial charge in [0.05, 0.1) is 15.8 Å². The Kier molecular flexibility index (Phi) is 4.06. The monoisotopic (exact) mass is 322 g/mol. The first-order valence-corrected chi connectivity index (χ1v) is 7.99. The molecule has 1 aliphatic rings. The fraction of sp³-hybridized carbons (Fsp3) is 0.364. The van der Waals surface area contributed by atoms with Gasteiger partial charge in [0.15, 0.2) is 0 Å². The zero-order valence-corrected chi connectivity index (χ0v) is 12.2. The lowest BCUT2D eigenvalue weighted by Crippen LogP contribution is -2.27. The van der Waals surface area contributed by atoms with E-state index >= 15 is 0 Å². The number of nitrogens with two attached hydrogens (primary N) is 1. The van der Waals surface area contributed by atoms with Crippen LogP contribution in [-0.4, -0.2) is 26.6 Å². The van der Waals surface area contributed by atoms with Gasteiger partial charge in [0.25, 0.3) is 0 Å². The normalized spacial score (nSPS) is 20.1. The third-order valence-corrected chi connectivity index (χ3v) is 4.56. The number of benzene rings is 1. The first kappa shape index (κ1) is 14.6. The van der Waals surface area contributed by atoms with E-state index in [0.29, 0.717) is 22.3 Å². The van der Waals surface area contributed by atoms with Gasteiger partial charge in [0.2, 0.25) is 15.9 Å². The van der Waals surface area contributed by atoms with Gasteiger partial charge in [-0.2, -0.15) is 0 Å². The van der Waals surface area contributed by atoms with Crippen LogP contribution in [0.3, 0.4) is 0 Å². The maximum Gasteiger partial charge on any atom is 0.227 e. The van der Waals surface area contributed by atoms with Crippen molar-refractivity contribution < 1.29 is 13.2 Å². The van der Waals surface area contributed by atoms with Crippen molar-refractivity contribution in [3.05, 3.63) is 28.2 Å². The molecule has 1 atom stereocenters. The number of carbonyl (C=O) groups is 1. The molecule has 2 rings (SSSR count). The summed E-state index contributed by atoms with van der Waals surface area (Å²) in [5.41, 5.74) is 0.608. The van der Waals surface area contributed by atoms with Crippen LogP contribution >= 0.6 is 23.2 Å². The topological polar surface area (TPSA) is 80.5 Å². The summed E-state index contributed by atoms with van der Waals surface area (Å²) < 4.78 is 22.1. The molecule has 1 amide bonds. The molecule has 0 spiro atoms. The van der Waals surface area contributed by atoms with Gasteiger partial charge < -0.3 is 4.90 Å². The quantitative estimate of drug-likeness (QED) is 0.918. The average Bonchev–Trinajstić information content (AvgIpc) is 2.61. The van der Waals surface area contributed by atoms with Crippen LogP contribution in [-0.2, 0) is 14.8 Å². The molecule has 0 aromatic heterocycles. The molecular formula is C11H12Cl2N2O3S. The van der Waals surface area contributed by atoms with E-state index in [1.165, 1.54) is 4.90 Å². The van der Waals surface area contributed by atoms with Gasteiger partial charge in [-0.25, -0.2) is 13.6 Å². The molecule has 0 aliphatic carbocycles. The summed E-state index contributed by atoms with van der Waals surface area (Å²) in [7, 11) is -3.58. The van der Waals surface area contributed by atoms with Crippen LogP contribution in [0.15, 0.2) is 18.2 Å².